The molecule has 1 aliphatic rings. The van der Waals surface area contributed by atoms with Crippen molar-refractivity contribution in [3.05, 3.63) is 22.4 Å². The average Bonchev–Trinajstić information content (AvgIpc) is 2.64. The van der Waals surface area contributed by atoms with Crippen molar-refractivity contribution in [2.45, 2.75) is 31.3 Å². The summed E-state index contributed by atoms with van der Waals surface area (Å²) in [5.41, 5.74) is 5.61. The maximum absolute atomic E-state index is 11.7. The third-order valence-corrected chi connectivity index (χ3v) is 5.09. The van der Waals surface area contributed by atoms with E-state index in [1.807, 2.05) is 17.5 Å². The van der Waals surface area contributed by atoms with Gasteiger partial charge in [0.15, 0.2) is 0 Å². The first-order valence-corrected chi connectivity index (χ1v) is 7.86. The molecule has 3 N–H and O–H groups in total. The minimum absolute atomic E-state index is 0. The normalized spacial score (nSPS) is 23.8. The summed E-state index contributed by atoms with van der Waals surface area (Å²) in [5.74, 6) is 0.166. The molecular weight excluding hydrogens is 280 g/mol. The van der Waals surface area contributed by atoms with Gasteiger partial charge in [-0.2, -0.15) is 0 Å². The summed E-state index contributed by atoms with van der Waals surface area (Å²) < 4.78 is 26.1. The van der Waals surface area contributed by atoms with E-state index in [0.29, 0.717) is 6.42 Å². The molecule has 0 spiro atoms. The maximum Gasteiger partial charge on any atom is 0.212 e. The zero-order valence-electron chi connectivity index (χ0n) is 9.33. The lowest BCUT2D eigenvalue weighted by Crippen LogP contribution is -2.50. The van der Waals surface area contributed by atoms with Crippen LogP contribution in [-0.2, 0) is 16.4 Å². The number of sulfonamides is 1. The van der Waals surface area contributed by atoms with Crippen LogP contribution in [0.25, 0.3) is 0 Å². The third-order valence-electron chi connectivity index (χ3n) is 2.72. The summed E-state index contributed by atoms with van der Waals surface area (Å²) >= 11 is 1.59. The number of aryl methyl sites for hydroxylation is 1. The Hall–Kier alpha value is -0.140. The van der Waals surface area contributed by atoms with E-state index in [-0.39, 0.29) is 30.2 Å². The molecule has 1 aliphatic carbocycles. The molecule has 0 atom stereocenters. The van der Waals surface area contributed by atoms with Crippen molar-refractivity contribution < 1.29 is 8.42 Å². The molecule has 1 aromatic heterocycles. The quantitative estimate of drug-likeness (QED) is 0.855. The number of nitrogens with one attached hydrogen (secondary N) is 1. The number of halogens is 1. The second-order valence-electron chi connectivity index (χ2n) is 4.19. The summed E-state index contributed by atoms with van der Waals surface area (Å²) in [6.07, 6.45) is 2.11. The van der Waals surface area contributed by atoms with E-state index in [9.17, 15) is 8.42 Å². The van der Waals surface area contributed by atoms with Gasteiger partial charge in [0.05, 0.1) is 5.75 Å². The molecule has 1 aromatic rings. The molecule has 0 aliphatic heterocycles. The molecular formula is C10H17ClN2O2S2. The minimum atomic E-state index is -3.14. The Bertz CT molecular complexity index is 427. The van der Waals surface area contributed by atoms with Gasteiger partial charge in [0, 0.05) is 17.0 Å². The number of hydrogen-bond donors (Lipinski definition) is 2. The zero-order chi connectivity index (χ0) is 11.6. The third kappa shape index (κ3) is 4.56. The summed E-state index contributed by atoms with van der Waals surface area (Å²) in [6.45, 7) is 0. The molecule has 17 heavy (non-hydrogen) atoms. The van der Waals surface area contributed by atoms with Crippen molar-refractivity contribution in [1.29, 1.82) is 0 Å². The Morgan fingerprint density at radius 2 is 2.18 bits per heavy atom. The SMILES string of the molecule is Cl.NC1CC(NS(=O)(=O)CCc2cccs2)C1. The van der Waals surface area contributed by atoms with Gasteiger partial charge in [-0.05, 0) is 30.7 Å². The smallest absolute Gasteiger partial charge is 0.212 e. The van der Waals surface area contributed by atoms with Crippen LogP contribution in [0.5, 0.6) is 0 Å². The fourth-order valence-corrected chi connectivity index (χ4v) is 3.91. The first-order chi connectivity index (χ1) is 7.55. The summed E-state index contributed by atoms with van der Waals surface area (Å²) in [4.78, 5) is 1.11. The predicted octanol–water partition coefficient (Wildman–Crippen LogP) is 1.12. The molecule has 98 valence electrons. The fourth-order valence-electron chi connectivity index (χ4n) is 1.76. The van der Waals surface area contributed by atoms with Crippen LogP contribution in [0.3, 0.4) is 0 Å². The number of hydrogen-bond acceptors (Lipinski definition) is 4. The monoisotopic (exact) mass is 296 g/mol. The lowest BCUT2D eigenvalue weighted by atomic mass is 9.89. The Kier molecular flexibility index (Phi) is 5.40. The van der Waals surface area contributed by atoms with Crippen LogP contribution in [-0.4, -0.2) is 26.3 Å². The van der Waals surface area contributed by atoms with Gasteiger partial charge in [-0.3, -0.25) is 0 Å². The van der Waals surface area contributed by atoms with Gasteiger partial charge in [0.2, 0.25) is 10.0 Å². The van der Waals surface area contributed by atoms with Crippen LogP contribution < -0.4 is 10.5 Å². The largest absolute Gasteiger partial charge is 0.328 e. The number of thiophene rings is 1. The highest BCUT2D eigenvalue weighted by molar-refractivity contribution is 7.89. The maximum atomic E-state index is 11.7. The molecule has 1 saturated carbocycles. The van der Waals surface area contributed by atoms with Crippen molar-refractivity contribution in [1.82, 2.24) is 4.72 Å². The predicted molar refractivity (Wildman–Crippen MR) is 73.2 cm³/mol. The van der Waals surface area contributed by atoms with Gasteiger partial charge in [-0.25, -0.2) is 13.1 Å². The van der Waals surface area contributed by atoms with Crippen LogP contribution in [0.2, 0.25) is 0 Å². The van der Waals surface area contributed by atoms with E-state index in [0.717, 1.165) is 17.7 Å². The molecule has 0 saturated heterocycles. The van der Waals surface area contributed by atoms with Gasteiger partial charge >= 0.3 is 0 Å². The Morgan fingerprint density at radius 1 is 1.47 bits per heavy atom. The Morgan fingerprint density at radius 3 is 2.71 bits per heavy atom. The topological polar surface area (TPSA) is 72.2 Å². The molecule has 2 rings (SSSR count). The average molecular weight is 297 g/mol. The van der Waals surface area contributed by atoms with Crippen LogP contribution in [0.1, 0.15) is 17.7 Å². The van der Waals surface area contributed by atoms with Crippen molar-refractivity contribution in [3.63, 3.8) is 0 Å². The number of rotatable bonds is 5. The van der Waals surface area contributed by atoms with Gasteiger partial charge in [-0.15, -0.1) is 23.7 Å². The van der Waals surface area contributed by atoms with Crippen LogP contribution in [0.4, 0.5) is 0 Å². The Balaban J connectivity index is 0.00000144. The van der Waals surface area contributed by atoms with Crippen LogP contribution in [0, 0.1) is 0 Å². The van der Waals surface area contributed by atoms with Gasteiger partial charge in [-0.1, -0.05) is 6.07 Å². The van der Waals surface area contributed by atoms with Gasteiger partial charge in [0.1, 0.15) is 0 Å². The highest BCUT2D eigenvalue weighted by atomic mass is 35.5. The molecule has 1 heterocycles. The molecule has 0 radical (unpaired) electrons. The summed E-state index contributed by atoms with van der Waals surface area (Å²) in [7, 11) is -3.14. The Labute approximate surface area is 112 Å². The first-order valence-electron chi connectivity index (χ1n) is 5.33. The number of nitrogens with two attached hydrogens (primary N) is 1. The lowest BCUT2D eigenvalue weighted by Gasteiger charge is -2.32. The molecule has 0 aromatic carbocycles. The van der Waals surface area contributed by atoms with Crippen molar-refractivity contribution >= 4 is 33.8 Å². The van der Waals surface area contributed by atoms with Gasteiger partial charge in [0.25, 0.3) is 0 Å². The van der Waals surface area contributed by atoms with E-state index < -0.39 is 10.0 Å². The molecule has 7 heteroatoms. The van der Waals surface area contributed by atoms with Crippen molar-refractivity contribution in [2.24, 2.45) is 5.73 Å². The van der Waals surface area contributed by atoms with E-state index in [2.05, 4.69) is 4.72 Å². The molecule has 1 fully saturated rings. The molecule has 0 amide bonds. The first kappa shape index (κ1) is 14.9. The van der Waals surface area contributed by atoms with Crippen molar-refractivity contribution in [3.8, 4) is 0 Å². The van der Waals surface area contributed by atoms with Gasteiger partial charge < -0.3 is 5.73 Å². The van der Waals surface area contributed by atoms with E-state index in [1.54, 1.807) is 11.3 Å². The fraction of sp³-hybridized carbons (Fsp3) is 0.600. The molecule has 4 nitrogen and oxygen atoms in total. The molecule has 0 bridgehead atoms. The highest BCUT2D eigenvalue weighted by Gasteiger charge is 2.29. The standard InChI is InChI=1S/C10H16N2O2S2.ClH/c11-8-6-9(7-8)12-16(13,14)5-3-10-2-1-4-15-10;/h1-2,4,8-9,12H,3,5-7,11H2;1H. The lowest BCUT2D eigenvalue weighted by molar-refractivity contribution is 0.327. The van der Waals surface area contributed by atoms with Crippen molar-refractivity contribution in [2.75, 3.05) is 5.75 Å². The summed E-state index contributed by atoms with van der Waals surface area (Å²) in [5, 5.41) is 1.96. The van der Waals surface area contributed by atoms with Crippen LogP contribution >= 0.6 is 23.7 Å². The van der Waals surface area contributed by atoms with Crippen LogP contribution in [0.15, 0.2) is 17.5 Å². The highest BCUT2D eigenvalue weighted by Crippen LogP contribution is 2.18. The minimum Gasteiger partial charge on any atom is -0.328 e. The van der Waals surface area contributed by atoms with E-state index >= 15 is 0 Å². The second-order valence-corrected chi connectivity index (χ2v) is 7.10. The second kappa shape index (κ2) is 6.15. The molecule has 0 unspecified atom stereocenters. The van der Waals surface area contributed by atoms with E-state index in [1.165, 1.54) is 0 Å². The summed E-state index contributed by atoms with van der Waals surface area (Å²) in [6, 6.07) is 4.12. The zero-order valence-corrected chi connectivity index (χ0v) is 11.8. The van der Waals surface area contributed by atoms with E-state index in [4.69, 9.17) is 5.73 Å².